The molecule has 5 rings (SSSR count). The molecule has 2 aliphatic heterocycles. The van der Waals surface area contributed by atoms with Gasteiger partial charge in [0.1, 0.15) is 18.0 Å². The highest BCUT2D eigenvalue weighted by atomic mass is 35.5. The summed E-state index contributed by atoms with van der Waals surface area (Å²) < 4.78 is 47.1. The SMILES string of the molecule is COCCC#C[C@]1(OC)/C=C/C[C@H](C)[C@@H](C)S(=O)(=O)NC(=O)c2ccc3c(c2)N(CCCCc2cc(Cl)ccc2CO3)C[C@@H]2CC[C@H]21. The predicted molar refractivity (Wildman–Crippen MR) is 186 cm³/mol. The first-order valence-corrected chi connectivity index (χ1v) is 18.6. The van der Waals surface area contributed by atoms with Crippen LogP contribution in [0.15, 0.2) is 48.6 Å². The molecule has 0 aromatic heterocycles. The van der Waals surface area contributed by atoms with E-state index in [0.717, 1.165) is 56.4 Å². The second kappa shape index (κ2) is 15.5. The maximum absolute atomic E-state index is 13.5. The monoisotopic (exact) mass is 682 g/mol. The number of benzene rings is 2. The van der Waals surface area contributed by atoms with Crippen LogP contribution in [0.1, 0.15) is 73.9 Å². The molecular formula is C37H47ClN2O6S. The number of amides is 1. The van der Waals surface area contributed by atoms with Crippen molar-refractivity contribution in [3.05, 3.63) is 70.3 Å². The van der Waals surface area contributed by atoms with Crippen LogP contribution in [0.4, 0.5) is 5.69 Å². The van der Waals surface area contributed by atoms with Gasteiger partial charge in [0.15, 0.2) is 0 Å². The minimum atomic E-state index is -3.96. The molecule has 47 heavy (non-hydrogen) atoms. The molecule has 5 atom stereocenters. The van der Waals surface area contributed by atoms with E-state index >= 15 is 0 Å². The second-order valence-electron chi connectivity index (χ2n) is 13.1. The number of carbonyl (C=O) groups excluding carboxylic acids is 1. The van der Waals surface area contributed by atoms with Gasteiger partial charge in [-0.1, -0.05) is 42.5 Å². The summed E-state index contributed by atoms with van der Waals surface area (Å²) in [6, 6.07) is 11.1. The largest absolute Gasteiger partial charge is 0.487 e. The van der Waals surface area contributed by atoms with E-state index in [1.165, 1.54) is 5.56 Å². The number of ether oxygens (including phenoxy) is 3. The van der Waals surface area contributed by atoms with Gasteiger partial charge in [0.25, 0.3) is 5.91 Å². The van der Waals surface area contributed by atoms with Gasteiger partial charge in [-0.05, 0) is 105 Å². The van der Waals surface area contributed by atoms with Crippen LogP contribution < -0.4 is 14.4 Å². The molecule has 3 aliphatic rings. The summed E-state index contributed by atoms with van der Waals surface area (Å²) in [4.78, 5) is 15.8. The van der Waals surface area contributed by atoms with Crippen LogP contribution in [0, 0.1) is 29.6 Å². The normalized spacial score (nSPS) is 28.4. The van der Waals surface area contributed by atoms with Crippen LogP contribution in [0.3, 0.4) is 0 Å². The van der Waals surface area contributed by atoms with Crippen molar-refractivity contribution >= 4 is 33.2 Å². The first-order valence-electron chi connectivity index (χ1n) is 16.6. The van der Waals surface area contributed by atoms with Crippen LogP contribution in [0.2, 0.25) is 5.02 Å². The molecule has 0 saturated heterocycles. The lowest BCUT2D eigenvalue weighted by atomic mass is 9.64. The smallest absolute Gasteiger partial charge is 0.264 e. The van der Waals surface area contributed by atoms with Gasteiger partial charge >= 0.3 is 0 Å². The number of fused-ring (bicyclic) bond motifs is 3. The molecule has 1 N–H and O–H groups in total. The van der Waals surface area contributed by atoms with Crippen molar-refractivity contribution in [2.45, 2.75) is 76.3 Å². The fraction of sp³-hybridized carbons (Fsp3) is 0.541. The maximum Gasteiger partial charge on any atom is 0.264 e. The third-order valence-electron chi connectivity index (χ3n) is 10.1. The van der Waals surface area contributed by atoms with E-state index in [0.29, 0.717) is 36.8 Å². The molecule has 0 radical (unpaired) electrons. The molecule has 2 aromatic carbocycles. The Labute approximate surface area is 285 Å². The zero-order valence-corrected chi connectivity index (χ0v) is 29.5. The highest BCUT2D eigenvalue weighted by Crippen LogP contribution is 2.46. The number of nitrogens with one attached hydrogen (secondary N) is 1. The van der Waals surface area contributed by atoms with Gasteiger partial charge in [-0.2, -0.15) is 0 Å². The molecule has 10 heteroatoms. The van der Waals surface area contributed by atoms with Crippen molar-refractivity contribution in [1.29, 1.82) is 0 Å². The van der Waals surface area contributed by atoms with Crippen molar-refractivity contribution in [3.8, 4) is 17.6 Å². The van der Waals surface area contributed by atoms with E-state index in [1.54, 1.807) is 39.3 Å². The molecule has 2 bridgehead atoms. The van der Waals surface area contributed by atoms with Crippen LogP contribution in [-0.4, -0.2) is 59.1 Å². The first kappa shape index (κ1) is 35.3. The number of allylic oxidation sites excluding steroid dienone is 1. The lowest BCUT2D eigenvalue weighted by Gasteiger charge is -2.47. The zero-order valence-electron chi connectivity index (χ0n) is 27.9. The third-order valence-corrected chi connectivity index (χ3v) is 12.3. The summed E-state index contributed by atoms with van der Waals surface area (Å²) >= 11 is 6.36. The van der Waals surface area contributed by atoms with Gasteiger partial charge in [0.05, 0.1) is 17.5 Å². The number of rotatable bonds is 3. The summed E-state index contributed by atoms with van der Waals surface area (Å²) in [7, 11) is -0.587. The number of hydrogen-bond donors (Lipinski definition) is 1. The van der Waals surface area contributed by atoms with Crippen molar-refractivity contribution in [2.24, 2.45) is 17.8 Å². The Bertz CT molecular complexity index is 1630. The Kier molecular flexibility index (Phi) is 11.6. The van der Waals surface area contributed by atoms with Gasteiger partial charge in [-0.25, -0.2) is 13.1 Å². The van der Waals surface area contributed by atoms with Gasteiger partial charge in [-0.3, -0.25) is 4.79 Å². The van der Waals surface area contributed by atoms with Crippen molar-refractivity contribution in [1.82, 2.24) is 4.72 Å². The van der Waals surface area contributed by atoms with E-state index in [2.05, 4.69) is 21.5 Å². The molecule has 2 heterocycles. The van der Waals surface area contributed by atoms with Crippen LogP contribution >= 0.6 is 11.6 Å². The maximum atomic E-state index is 13.5. The number of carbonyl (C=O) groups is 1. The number of hydrogen-bond acceptors (Lipinski definition) is 7. The average molecular weight is 683 g/mol. The van der Waals surface area contributed by atoms with Crippen molar-refractivity contribution in [3.63, 3.8) is 0 Å². The van der Waals surface area contributed by atoms with Crippen molar-refractivity contribution < 1.29 is 27.4 Å². The molecule has 254 valence electrons. The highest BCUT2D eigenvalue weighted by molar-refractivity contribution is 7.90. The summed E-state index contributed by atoms with van der Waals surface area (Å²) in [6.07, 6.45) is 9.84. The summed E-state index contributed by atoms with van der Waals surface area (Å²) in [5, 5.41) is -0.102. The average Bonchev–Trinajstić information content (AvgIpc) is 3.06. The fourth-order valence-electron chi connectivity index (χ4n) is 6.83. The summed E-state index contributed by atoms with van der Waals surface area (Å²) in [6.45, 7) is 5.87. The van der Waals surface area contributed by atoms with Gasteiger partial charge in [0.2, 0.25) is 10.0 Å². The number of methoxy groups -OCH3 is 2. The minimum absolute atomic E-state index is 0.128. The Morgan fingerprint density at radius 3 is 2.68 bits per heavy atom. The van der Waals surface area contributed by atoms with E-state index < -0.39 is 26.8 Å². The summed E-state index contributed by atoms with van der Waals surface area (Å²) in [5.74, 6) is 6.89. The van der Waals surface area contributed by atoms with Gasteiger partial charge in [-0.15, -0.1) is 0 Å². The second-order valence-corrected chi connectivity index (χ2v) is 15.5. The topological polar surface area (TPSA) is 94.2 Å². The zero-order chi connectivity index (χ0) is 33.6. The van der Waals surface area contributed by atoms with E-state index in [-0.39, 0.29) is 23.3 Å². The Morgan fingerprint density at radius 2 is 1.94 bits per heavy atom. The van der Waals surface area contributed by atoms with Crippen LogP contribution in [0.25, 0.3) is 0 Å². The standard InChI is InChI=1S/C37H47ClN2O6S/c1-26-10-9-19-37(45-4,18-6-8-21-44-3)33-16-13-30(33)24-40-20-7-5-11-28-22-32(38)15-12-31(28)25-46-35-17-14-29(23-34(35)40)36(41)39-47(42,43)27(26)2/h9,12,14-15,17,19,22-23,26-27,30,33H,5,7-8,10-11,13,16,20-21,24-25H2,1-4H3,(H,39,41)/b19-9+/t26-,27+,30-,33+,37-/m0/s1. The number of anilines is 1. The third kappa shape index (κ3) is 8.17. The molecule has 1 fully saturated rings. The summed E-state index contributed by atoms with van der Waals surface area (Å²) in [5.41, 5.74) is 2.47. The van der Waals surface area contributed by atoms with E-state index in [9.17, 15) is 13.2 Å². The molecule has 1 amide bonds. The molecule has 0 spiro atoms. The van der Waals surface area contributed by atoms with Crippen LogP contribution in [-0.2, 0) is 32.5 Å². The number of nitrogens with zero attached hydrogens (tertiary/aromatic N) is 1. The molecule has 1 aliphatic carbocycles. The Morgan fingerprint density at radius 1 is 1.11 bits per heavy atom. The lowest BCUT2D eigenvalue weighted by molar-refractivity contribution is -0.0349. The van der Waals surface area contributed by atoms with E-state index in [4.69, 9.17) is 25.8 Å². The van der Waals surface area contributed by atoms with Gasteiger partial charge in [0, 0.05) is 50.2 Å². The molecule has 1 saturated carbocycles. The van der Waals surface area contributed by atoms with Gasteiger partial charge < -0.3 is 19.1 Å². The predicted octanol–water partition coefficient (Wildman–Crippen LogP) is 6.56. The number of halogens is 1. The molecular weight excluding hydrogens is 636 g/mol. The highest BCUT2D eigenvalue weighted by Gasteiger charge is 2.46. The van der Waals surface area contributed by atoms with E-state index in [1.807, 2.05) is 37.3 Å². The quantitative estimate of drug-likeness (QED) is 0.223. The first-order chi connectivity index (χ1) is 22.6. The molecule has 8 nitrogen and oxygen atoms in total. The Balaban J connectivity index is 1.58. The minimum Gasteiger partial charge on any atom is -0.487 e. The van der Waals surface area contributed by atoms with Crippen molar-refractivity contribution in [2.75, 3.05) is 38.8 Å². The fourth-order valence-corrected chi connectivity index (χ4v) is 8.31. The lowest BCUT2D eigenvalue weighted by Crippen LogP contribution is -2.50. The number of sulfonamides is 1. The number of aryl methyl sites for hydroxylation is 1. The van der Waals surface area contributed by atoms with Crippen LogP contribution in [0.5, 0.6) is 5.75 Å². The molecule has 2 aromatic rings. The Hall–Kier alpha value is -3.03. The molecule has 0 unspecified atom stereocenters.